The van der Waals surface area contributed by atoms with Gasteiger partial charge >= 0.3 is 0 Å². The van der Waals surface area contributed by atoms with Crippen LogP contribution in [0.25, 0.3) is 0 Å². The molecule has 3 nitrogen and oxygen atoms in total. The van der Waals surface area contributed by atoms with Gasteiger partial charge in [-0.05, 0) is 24.6 Å². The van der Waals surface area contributed by atoms with E-state index in [0.29, 0.717) is 17.3 Å². The minimum absolute atomic E-state index is 0.331. The molecule has 1 heterocycles. The lowest BCUT2D eigenvalue weighted by Gasteiger charge is -2.08. The summed E-state index contributed by atoms with van der Waals surface area (Å²) in [7, 11) is 0. The smallest absolute Gasteiger partial charge is 0.133 e. The van der Waals surface area contributed by atoms with E-state index in [1.807, 2.05) is 6.92 Å². The summed E-state index contributed by atoms with van der Waals surface area (Å²) in [4.78, 5) is 3.85. The molecule has 0 aliphatic carbocycles. The lowest BCUT2D eigenvalue weighted by atomic mass is 10.2. The Morgan fingerprint density at radius 3 is 2.81 bits per heavy atom. The van der Waals surface area contributed by atoms with Crippen molar-refractivity contribution < 1.29 is 9.13 Å². The van der Waals surface area contributed by atoms with E-state index in [9.17, 15) is 4.39 Å². The molecule has 82 valence electrons. The summed E-state index contributed by atoms with van der Waals surface area (Å²) >= 11 is 0. The van der Waals surface area contributed by atoms with Crippen molar-refractivity contribution >= 4 is 5.82 Å². The summed E-state index contributed by atoms with van der Waals surface area (Å²) in [5.41, 5.74) is 6.37. The molecule has 1 aromatic carbocycles. The van der Waals surface area contributed by atoms with Crippen LogP contribution in [-0.2, 0) is 0 Å². The fourth-order valence-corrected chi connectivity index (χ4v) is 1.30. The van der Waals surface area contributed by atoms with Crippen LogP contribution in [0.3, 0.4) is 0 Å². The maximum atomic E-state index is 13.0. The van der Waals surface area contributed by atoms with Crippen LogP contribution in [-0.4, -0.2) is 4.98 Å². The maximum Gasteiger partial charge on any atom is 0.133 e. The van der Waals surface area contributed by atoms with E-state index in [4.69, 9.17) is 10.5 Å². The van der Waals surface area contributed by atoms with Gasteiger partial charge in [-0.15, -0.1) is 0 Å². The highest BCUT2D eigenvalue weighted by atomic mass is 19.1. The van der Waals surface area contributed by atoms with Gasteiger partial charge in [0, 0.05) is 18.3 Å². The van der Waals surface area contributed by atoms with Gasteiger partial charge in [0.2, 0.25) is 0 Å². The Hall–Kier alpha value is -2.10. The van der Waals surface area contributed by atoms with Gasteiger partial charge < -0.3 is 10.5 Å². The summed E-state index contributed by atoms with van der Waals surface area (Å²) < 4.78 is 18.5. The lowest BCUT2D eigenvalue weighted by molar-refractivity contribution is 0.472. The third-order valence-electron chi connectivity index (χ3n) is 2.13. The molecule has 0 amide bonds. The first-order valence-electron chi connectivity index (χ1n) is 4.81. The van der Waals surface area contributed by atoms with Gasteiger partial charge in [0.25, 0.3) is 0 Å². The Bertz CT molecular complexity index is 514. The molecule has 0 bridgehead atoms. The number of rotatable bonds is 2. The predicted octanol–water partition coefficient (Wildman–Crippen LogP) is 2.90. The zero-order valence-corrected chi connectivity index (χ0v) is 8.77. The average molecular weight is 218 g/mol. The molecule has 4 heteroatoms. The van der Waals surface area contributed by atoms with Crippen molar-refractivity contribution in [2.45, 2.75) is 6.92 Å². The number of anilines is 1. The van der Waals surface area contributed by atoms with Crippen LogP contribution in [0.4, 0.5) is 10.2 Å². The Labute approximate surface area is 92.7 Å². The highest BCUT2D eigenvalue weighted by Crippen LogP contribution is 2.26. The Balaban J connectivity index is 2.30. The summed E-state index contributed by atoms with van der Waals surface area (Å²) in [6.45, 7) is 1.85. The third kappa shape index (κ3) is 2.28. The van der Waals surface area contributed by atoms with E-state index in [0.717, 1.165) is 5.56 Å². The molecule has 0 atom stereocenters. The largest absolute Gasteiger partial charge is 0.457 e. The number of nitrogen functional groups attached to an aromatic ring is 1. The Kier molecular flexibility index (Phi) is 2.72. The average Bonchev–Trinajstić information content (AvgIpc) is 2.24. The van der Waals surface area contributed by atoms with E-state index >= 15 is 0 Å². The maximum absolute atomic E-state index is 13.0. The zero-order valence-electron chi connectivity index (χ0n) is 8.77. The first-order chi connectivity index (χ1) is 7.65. The molecule has 0 unspecified atom stereocenters. The molecule has 0 saturated heterocycles. The van der Waals surface area contributed by atoms with Crippen molar-refractivity contribution in [3.8, 4) is 11.5 Å². The summed E-state index contributed by atoms with van der Waals surface area (Å²) in [5.74, 6) is 1.06. The summed E-state index contributed by atoms with van der Waals surface area (Å²) in [6.07, 6.45) is 1.54. The lowest BCUT2D eigenvalue weighted by Crippen LogP contribution is -1.92. The molecule has 1 aromatic heterocycles. The van der Waals surface area contributed by atoms with Crippen molar-refractivity contribution in [1.29, 1.82) is 0 Å². The first-order valence-corrected chi connectivity index (χ1v) is 4.81. The summed E-state index contributed by atoms with van der Waals surface area (Å²) in [5, 5.41) is 0. The molecule has 16 heavy (non-hydrogen) atoms. The number of hydrogen-bond donors (Lipinski definition) is 1. The molecule has 0 fully saturated rings. The van der Waals surface area contributed by atoms with Gasteiger partial charge in [0.15, 0.2) is 0 Å². The number of nitrogens with zero attached hydrogens (tertiary/aromatic N) is 1. The van der Waals surface area contributed by atoms with E-state index in [1.165, 1.54) is 12.1 Å². The second kappa shape index (κ2) is 4.18. The van der Waals surface area contributed by atoms with Crippen molar-refractivity contribution in [2.75, 3.05) is 5.73 Å². The van der Waals surface area contributed by atoms with Crippen molar-refractivity contribution in [3.05, 3.63) is 47.9 Å². The Morgan fingerprint density at radius 1 is 1.25 bits per heavy atom. The first kappa shape index (κ1) is 10.4. The van der Waals surface area contributed by atoms with Crippen LogP contribution in [0.5, 0.6) is 11.5 Å². The second-order valence-corrected chi connectivity index (χ2v) is 3.43. The predicted molar refractivity (Wildman–Crippen MR) is 59.9 cm³/mol. The highest BCUT2D eigenvalue weighted by molar-refractivity contribution is 5.41. The SMILES string of the molecule is Cc1ccc(F)cc1Oc1ccnc(N)c1. The van der Waals surface area contributed by atoms with Crippen LogP contribution < -0.4 is 10.5 Å². The number of pyridine rings is 1. The van der Waals surface area contributed by atoms with Gasteiger partial charge in [-0.1, -0.05) is 6.07 Å². The molecule has 2 aromatic rings. The number of aryl methyl sites for hydroxylation is 1. The normalized spacial score (nSPS) is 10.1. The monoisotopic (exact) mass is 218 g/mol. The number of nitrogens with two attached hydrogens (primary N) is 1. The zero-order chi connectivity index (χ0) is 11.5. The number of benzene rings is 1. The standard InChI is InChI=1S/C12H11FN2O/c1-8-2-3-9(13)6-11(8)16-10-4-5-15-12(14)7-10/h2-7H,1H3,(H2,14,15). The molecule has 2 rings (SSSR count). The molecule has 0 saturated carbocycles. The highest BCUT2D eigenvalue weighted by Gasteiger charge is 2.03. The fourth-order valence-electron chi connectivity index (χ4n) is 1.30. The molecular formula is C12H11FN2O. The summed E-state index contributed by atoms with van der Waals surface area (Å²) in [6, 6.07) is 7.65. The van der Waals surface area contributed by atoms with E-state index in [2.05, 4.69) is 4.98 Å². The van der Waals surface area contributed by atoms with Crippen LogP contribution in [0.15, 0.2) is 36.5 Å². The number of aromatic nitrogens is 1. The molecule has 0 spiro atoms. The minimum Gasteiger partial charge on any atom is -0.457 e. The van der Waals surface area contributed by atoms with Crippen LogP contribution in [0.1, 0.15) is 5.56 Å². The third-order valence-corrected chi connectivity index (χ3v) is 2.13. The van der Waals surface area contributed by atoms with Crippen molar-refractivity contribution in [2.24, 2.45) is 0 Å². The second-order valence-electron chi connectivity index (χ2n) is 3.43. The topological polar surface area (TPSA) is 48.1 Å². The van der Waals surface area contributed by atoms with Crippen LogP contribution >= 0.6 is 0 Å². The quantitative estimate of drug-likeness (QED) is 0.843. The van der Waals surface area contributed by atoms with E-state index in [-0.39, 0.29) is 5.82 Å². The fraction of sp³-hybridized carbons (Fsp3) is 0.0833. The van der Waals surface area contributed by atoms with E-state index < -0.39 is 0 Å². The number of hydrogen-bond acceptors (Lipinski definition) is 3. The van der Waals surface area contributed by atoms with Crippen molar-refractivity contribution in [3.63, 3.8) is 0 Å². The molecule has 0 radical (unpaired) electrons. The van der Waals surface area contributed by atoms with Crippen molar-refractivity contribution in [1.82, 2.24) is 4.98 Å². The molecule has 0 aliphatic heterocycles. The number of halogens is 1. The van der Waals surface area contributed by atoms with Gasteiger partial charge in [-0.3, -0.25) is 0 Å². The van der Waals surface area contributed by atoms with Gasteiger partial charge in [-0.2, -0.15) is 0 Å². The van der Waals surface area contributed by atoms with Gasteiger partial charge in [0.05, 0.1) is 0 Å². The molecule has 0 aliphatic rings. The molecular weight excluding hydrogens is 207 g/mol. The number of ether oxygens (including phenoxy) is 1. The van der Waals surface area contributed by atoms with E-state index in [1.54, 1.807) is 24.4 Å². The minimum atomic E-state index is -0.331. The van der Waals surface area contributed by atoms with Gasteiger partial charge in [-0.25, -0.2) is 9.37 Å². The van der Waals surface area contributed by atoms with Gasteiger partial charge in [0.1, 0.15) is 23.1 Å². The van der Waals surface area contributed by atoms with Crippen LogP contribution in [0.2, 0.25) is 0 Å². The van der Waals surface area contributed by atoms with Crippen LogP contribution in [0, 0.1) is 12.7 Å². The Morgan fingerprint density at radius 2 is 2.06 bits per heavy atom. The molecule has 2 N–H and O–H groups in total.